The molecule has 5 heteroatoms. The topological polar surface area (TPSA) is 65.1 Å². The first-order valence-corrected chi connectivity index (χ1v) is 7.71. The van der Waals surface area contributed by atoms with Crippen molar-refractivity contribution in [2.45, 2.75) is 25.3 Å². The van der Waals surface area contributed by atoms with Gasteiger partial charge in [-0.05, 0) is 43.2 Å². The SMILES string of the molecule is Cc1ccc(S(=O)CCn2cc(N)ccc2=O)cc1C. The summed E-state index contributed by atoms with van der Waals surface area (Å²) in [5.41, 5.74) is 8.35. The number of anilines is 1. The van der Waals surface area contributed by atoms with Gasteiger partial charge in [0, 0.05) is 35.1 Å². The average Bonchev–Trinajstić information content (AvgIpc) is 2.42. The van der Waals surface area contributed by atoms with E-state index in [2.05, 4.69) is 0 Å². The van der Waals surface area contributed by atoms with E-state index in [1.165, 1.54) is 16.2 Å². The van der Waals surface area contributed by atoms with Crippen LogP contribution in [0.1, 0.15) is 11.1 Å². The molecule has 1 aromatic carbocycles. The van der Waals surface area contributed by atoms with Crippen LogP contribution in [0.15, 0.2) is 46.2 Å². The Labute approximate surface area is 120 Å². The first kappa shape index (κ1) is 14.5. The summed E-state index contributed by atoms with van der Waals surface area (Å²) in [6, 6.07) is 8.77. The zero-order valence-electron chi connectivity index (χ0n) is 11.6. The lowest BCUT2D eigenvalue weighted by molar-refractivity contribution is 0.669. The third-order valence-electron chi connectivity index (χ3n) is 3.27. The fourth-order valence-corrected chi connectivity index (χ4v) is 3.01. The van der Waals surface area contributed by atoms with E-state index in [0.29, 0.717) is 18.0 Å². The molecule has 1 unspecified atom stereocenters. The Morgan fingerprint density at radius 3 is 2.60 bits per heavy atom. The van der Waals surface area contributed by atoms with Crippen molar-refractivity contribution in [2.75, 3.05) is 11.5 Å². The molecule has 0 aliphatic heterocycles. The maximum atomic E-state index is 12.2. The second-order valence-corrected chi connectivity index (χ2v) is 6.36. The Morgan fingerprint density at radius 1 is 1.15 bits per heavy atom. The van der Waals surface area contributed by atoms with Crippen LogP contribution < -0.4 is 11.3 Å². The lowest BCUT2D eigenvalue weighted by Gasteiger charge is -2.08. The smallest absolute Gasteiger partial charge is 0.250 e. The largest absolute Gasteiger partial charge is 0.398 e. The molecule has 0 aliphatic carbocycles. The predicted molar refractivity (Wildman–Crippen MR) is 82.3 cm³/mol. The lowest BCUT2D eigenvalue weighted by atomic mass is 10.1. The Bertz CT molecular complexity index is 707. The number of nitrogens with zero attached hydrogens (tertiary/aromatic N) is 1. The van der Waals surface area contributed by atoms with Crippen LogP contribution in [-0.2, 0) is 17.3 Å². The van der Waals surface area contributed by atoms with Crippen LogP contribution in [0.4, 0.5) is 5.69 Å². The van der Waals surface area contributed by atoms with Crippen molar-refractivity contribution < 1.29 is 4.21 Å². The number of pyridine rings is 1. The molecule has 0 bridgehead atoms. The van der Waals surface area contributed by atoms with Crippen LogP contribution >= 0.6 is 0 Å². The van der Waals surface area contributed by atoms with Crippen molar-refractivity contribution in [2.24, 2.45) is 0 Å². The normalized spacial score (nSPS) is 12.3. The number of hydrogen-bond donors (Lipinski definition) is 1. The molecule has 2 N–H and O–H groups in total. The molecule has 0 aliphatic rings. The molecule has 106 valence electrons. The fourth-order valence-electron chi connectivity index (χ4n) is 1.88. The molecule has 1 atom stereocenters. The minimum absolute atomic E-state index is 0.128. The summed E-state index contributed by atoms with van der Waals surface area (Å²) in [6.07, 6.45) is 1.58. The molecule has 20 heavy (non-hydrogen) atoms. The molecule has 1 heterocycles. The lowest BCUT2D eigenvalue weighted by Crippen LogP contribution is -2.21. The van der Waals surface area contributed by atoms with Crippen molar-refractivity contribution in [1.82, 2.24) is 4.57 Å². The summed E-state index contributed by atoms with van der Waals surface area (Å²) < 4.78 is 13.7. The van der Waals surface area contributed by atoms with Crippen molar-refractivity contribution in [3.8, 4) is 0 Å². The summed E-state index contributed by atoms with van der Waals surface area (Å²) in [6.45, 7) is 4.41. The van der Waals surface area contributed by atoms with Gasteiger partial charge >= 0.3 is 0 Å². The summed E-state index contributed by atoms with van der Waals surface area (Å²) in [5.74, 6) is 0.395. The van der Waals surface area contributed by atoms with Gasteiger partial charge in [-0.2, -0.15) is 0 Å². The molecule has 0 radical (unpaired) electrons. The number of rotatable bonds is 4. The van der Waals surface area contributed by atoms with Crippen molar-refractivity contribution >= 4 is 16.5 Å². The Morgan fingerprint density at radius 2 is 1.90 bits per heavy atom. The molecule has 1 aromatic heterocycles. The van der Waals surface area contributed by atoms with Crippen LogP contribution in [0.5, 0.6) is 0 Å². The Kier molecular flexibility index (Phi) is 4.39. The van der Waals surface area contributed by atoms with Crippen LogP contribution in [0.25, 0.3) is 0 Å². The van der Waals surface area contributed by atoms with Crippen molar-refractivity contribution in [1.29, 1.82) is 0 Å². The van der Waals surface area contributed by atoms with Crippen molar-refractivity contribution in [3.05, 3.63) is 58.0 Å². The number of nitrogen functional groups attached to an aromatic ring is 1. The quantitative estimate of drug-likeness (QED) is 0.934. The van der Waals surface area contributed by atoms with E-state index in [4.69, 9.17) is 5.73 Å². The van der Waals surface area contributed by atoms with Gasteiger partial charge in [-0.1, -0.05) is 6.07 Å². The van der Waals surface area contributed by atoms with E-state index < -0.39 is 10.8 Å². The highest BCUT2D eigenvalue weighted by Crippen LogP contribution is 2.13. The number of hydrogen-bond acceptors (Lipinski definition) is 3. The van der Waals surface area contributed by atoms with Gasteiger partial charge in [0.05, 0.1) is 10.8 Å². The Balaban J connectivity index is 2.10. The molecule has 2 aromatic rings. The Hall–Kier alpha value is -1.88. The fraction of sp³-hybridized carbons (Fsp3) is 0.267. The van der Waals surface area contributed by atoms with Gasteiger partial charge < -0.3 is 10.3 Å². The second-order valence-electron chi connectivity index (χ2n) is 4.79. The van der Waals surface area contributed by atoms with E-state index in [1.54, 1.807) is 12.3 Å². The van der Waals surface area contributed by atoms with Gasteiger partial charge in [-0.3, -0.25) is 9.00 Å². The minimum Gasteiger partial charge on any atom is -0.398 e. The standard InChI is InChI=1S/C15H18N2O2S/c1-11-3-5-14(9-12(11)2)20(19)8-7-17-10-13(16)4-6-15(17)18/h3-6,9-10H,7-8,16H2,1-2H3. The first-order valence-electron chi connectivity index (χ1n) is 6.39. The van der Waals surface area contributed by atoms with Crippen LogP contribution in [0, 0.1) is 13.8 Å². The molecule has 2 rings (SSSR count). The van der Waals surface area contributed by atoms with E-state index >= 15 is 0 Å². The summed E-state index contributed by atoms with van der Waals surface area (Å²) in [5, 5.41) is 0. The third-order valence-corrected chi connectivity index (χ3v) is 4.60. The number of aromatic nitrogens is 1. The molecule has 0 saturated heterocycles. The van der Waals surface area contributed by atoms with Gasteiger partial charge in [0.2, 0.25) is 0 Å². The number of benzene rings is 1. The maximum Gasteiger partial charge on any atom is 0.250 e. The van der Waals surface area contributed by atoms with Gasteiger partial charge in [-0.15, -0.1) is 0 Å². The van der Waals surface area contributed by atoms with Gasteiger partial charge in [-0.25, -0.2) is 0 Å². The number of aryl methyl sites for hydroxylation is 3. The minimum atomic E-state index is -1.12. The monoisotopic (exact) mass is 290 g/mol. The van der Waals surface area contributed by atoms with Gasteiger partial charge in [0.15, 0.2) is 0 Å². The summed E-state index contributed by atoms with van der Waals surface area (Å²) in [4.78, 5) is 12.4. The molecule has 0 spiro atoms. The van der Waals surface area contributed by atoms with E-state index in [0.717, 1.165) is 10.5 Å². The highest BCUT2D eigenvalue weighted by molar-refractivity contribution is 7.85. The van der Waals surface area contributed by atoms with E-state index in [9.17, 15) is 9.00 Å². The van der Waals surface area contributed by atoms with Gasteiger partial charge in [0.25, 0.3) is 5.56 Å². The summed E-state index contributed by atoms with van der Waals surface area (Å²) >= 11 is 0. The zero-order chi connectivity index (χ0) is 14.7. The van der Waals surface area contributed by atoms with E-state index in [-0.39, 0.29) is 5.56 Å². The summed E-state index contributed by atoms with van der Waals surface area (Å²) in [7, 11) is -1.12. The average molecular weight is 290 g/mol. The van der Waals surface area contributed by atoms with Crippen molar-refractivity contribution in [3.63, 3.8) is 0 Å². The third kappa shape index (κ3) is 3.36. The molecular weight excluding hydrogens is 272 g/mol. The molecule has 0 amide bonds. The number of nitrogens with two attached hydrogens (primary N) is 1. The molecule has 0 fully saturated rings. The van der Waals surface area contributed by atoms with Crippen LogP contribution in [-0.4, -0.2) is 14.5 Å². The second kappa shape index (κ2) is 6.05. The highest BCUT2D eigenvalue weighted by Gasteiger charge is 2.06. The predicted octanol–water partition coefficient (Wildman–Crippen LogP) is 1.86. The molecule has 0 saturated carbocycles. The maximum absolute atomic E-state index is 12.2. The zero-order valence-corrected chi connectivity index (χ0v) is 12.4. The first-order chi connectivity index (χ1) is 9.47. The molecule has 4 nitrogen and oxygen atoms in total. The van der Waals surface area contributed by atoms with Crippen LogP contribution in [0.3, 0.4) is 0 Å². The molecular formula is C15H18N2O2S. The van der Waals surface area contributed by atoms with Gasteiger partial charge in [0.1, 0.15) is 0 Å². The highest BCUT2D eigenvalue weighted by atomic mass is 32.2. The van der Waals surface area contributed by atoms with Crippen LogP contribution in [0.2, 0.25) is 0 Å². The van der Waals surface area contributed by atoms with E-state index in [1.807, 2.05) is 32.0 Å².